The number of benzene rings is 6. The van der Waals surface area contributed by atoms with Crippen LogP contribution in [0.25, 0.3) is 78.0 Å². The molecule has 5 nitrogen and oxygen atoms in total. The third-order valence-corrected chi connectivity index (χ3v) is 12.4. The summed E-state index contributed by atoms with van der Waals surface area (Å²) in [6, 6.07) is 48.1. The van der Waals surface area contributed by atoms with E-state index in [2.05, 4.69) is 173 Å². The van der Waals surface area contributed by atoms with Gasteiger partial charge in [0, 0.05) is 32.7 Å². The highest BCUT2D eigenvalue weighted by Crippen LogP contribution is 2.50. The summed E-state index contributed by atoms with van der Waals surface area (Å²) in [6.45, 7) is 16.4. The van der Waals surface area contributed by atoms with Crippen LogP contribution in [0, 0.1) is 0 Å². The van der Waals surface area contributed by atoms with E-state index in [0.29, 0.717) is 17.6 Å². The molecule has 0 radical (unpaired) electrons. The Morgan fingerprint density at radius 3 is 1.73 bits per heavy atom. The molecule has 0 fully saturated rings. The van der Waals surface area contributed by atoms with E-state index in [9.17, 15) is 0 Å². The number of hydrogen-bond acceptors (Lipinski definition) is 3. The van der Waals surface area contributed by atoms with Crippen LogP contribution in [-0.2, 0) is 16.2 Å². The lowest BCUT2D eigenvalue weighted by Crippen LogP contribution is -2.35. The minimum Gasteiger partial charge on any atom is -0.307 e. The van der Waals surface area contributed by atoms with Crippen molar-refractivity contribution in [3.05, 3.63) is 150 Å². The molecule has 0 bridgehead atoms. The van der Waals surface area contributed by atoms with Gasteiger partial charge >= 0.3 is 0 Å². The minimum atomic E-state index is -0.0274. The van der Waals surface area contributed by atoms with Gasteiger partial charge in [-0.25, -0.2) is 4.98 Å². The normalized spacial score (nSPS) is 15.2. The van der Waals surface area contributed by atoms with Crippen LogP contribution in [0.4, 0.5) is 0 Å². The molecule has 276 valence electrons. The fourth-order valence-electron chi connectivity index (χ4n) is 9.28. The van der Waals surface area contributed by atoms with Crippen molar-refractivity contribution in [3.63, 3.8) is 0 Å². The quantitative estimate of drug-likeness (QED) is 0.181. The van der Waals surface area contributed by atoms with Gasteiger partial charge in [0.15, 0.2) is 11.6 Å². The zero-order valence-electron chi connectivity index (χ0n) is 33.4. The van der Waals surface area contributed by atoms with Crippen molar-refractivity contribution in [2.24, 2.45) is 0 Å². The Hall–Kier alpha value is -6.07. The molecule has 56 heavy (non-hydrogen) atoms. The largest absolute Gasteiger partial charge is 0.307 e. The molecule has 5 heteroatoms. The van der Waals surface area contributed by atoms with Crippen LogP contribution in [0.5, 0.6) is 0 Å². The molecule has 3 aromatic heterocycles. The van der Waals surface area contributed by atoms with E-state index in [0.717, 1.165) is 45.9 Å². The minimum absolute atomic E-state index is 0.00492. The fourth-order valence-corrected chi connectivity index (χ4v) is 9.28. The van der Waals surface area contributed by atoms with Gasteiger partial charge in [-0.1, -0.05) is 158 Å². The Bertz CT molecular complexity index is 3010. The molecule has 0 saturated carbocycles. The van der Waals surface area contributed by atoms with Crippen LogP contribution in [0.1, 0.15) is 78.0 Å². The number of hydrogen-bond donors (Lipinski definition) is 0. The van der Waals surface area contributed by atoms with E-state index in [1.807, 2.05) is 18.2 Å². The number of para-hydroxylation sites is 2. The highest BCUT2D eigenvalue weighted by molar-refractivity contribution is 6.23. The average molecular weight is 730 g/mol. The second-order valence-electron chi connectivity index (χ2n) is 18.0. The second kappa shape index (κ2) is 12.2. The maximum Gasteiger partial charge on any atom is 0.238 e. The first kappa shape index (κ1) is 34.4. The molecule has 1 aliphatic rings. The van der Waals surface area contributed by atoms with E-state index in [4.69, 9.17) is 15.0 Å². The lowest BCUT2D eigenvalue weighted by atomic mass is 9.62. The van der Waals surface area contributed by atoms with Crippen LogP contribution in [0.2, 0.25) is 0 Å². The third kappa shape index (κ3) is 5.24. The van der Waals surface area contributed by atoms with Crippen molar-refractivity contribution in [2.75, 3.05) is 0 Å². The van der Waals surface area contributed by atoms with Gasteiger partial charge in [0.1, 0.15) is 0 Å². The lowest BCUT2D eigenvalue weighted by Gasteiger charge is -2.43. The number of aromatic nitrogens is 5. The lowest BCUT2D eigenvalue weighted by molar-refractivity contribution is 0.331. The maximum atomic E-state index is 5.40. The summed E-state index contributed by atoms with van der Waals surface area (Å²) in [5.74, 6) is 1.90. The summed E-state index contributed by atoms with van der Waals surface area (Å²) in [5.41, 5.74) is 11.8. The average Bonchev–Trinajstić information content (AvgIpc) is 3.72. The Morgan fingerprint density at radius 1 is 0.500 bits per heavy atom. The first-order chi connectivity index (χ1) is 26.9. The summed E-state index contributed by atoms with van der Waals surface area (Å²) < 4.78 is 4.86. The van der Waals surface area contributed by atoms with Gasteiger partial charge in [0.2, 0.25) is 5.95 Å². The van der Waals surface area contributed by atoms with Crippen LogP contribution in [0.3, 0.4) is 0 Å². The van der Waals surface area contributed by atoms with E-state index in [1.165, 1.54) is 44.1 Å². The highest BCUT2D eigenvalue weighted by Gasteiger charge is 2.39. The van der Waals surface area contributed by atoms with Crippen molar-refractivity contribution < 1.29 is 0 Å². The standard InChI is InChI=1S/C51H47N5/c1-49(2,3)34-20-15-19-33(31-34)47-52-46(32-17-9-8-10-18-32)53-48(54-47)56-41-25-14-12-22-36(41)38-28-27-37-35-21-11-13-24-40(35)55(44(37)45(38)56)42-26-16-23-39-43(42)51(6,7)30-29-50(39,4)5/h8-28,31H,29-30H2,1-7H3. The van der Waals surface area contributed by atoms with Gasteiger partial charge in [-0.05, 0) is 70.0 Å². The van der Waals surface area contributed by atoms with Crippen LogP contribution >= 0.6 is 0 Å². The molecule has 0 aliphatic heterocycles. The van der Waals surface area contributed by atoms with Crippen LogP contribution in [0.15, 0.2) is 133 Å². The molecule has 6 aromatic carbocycles. The zero-order chi connectivity index (χ0) is 38.6. The number of nitrogens with zero attached hydrogens (tertiary/aromatic N) is 5. The Balaban J connectivity index is 1.37. The zero-order valence-corrected chi connectivity index (χ0v) is 33.4. The molecule has 9 aromatic rings. The van der Waals surface area contributed by atoms with Gasteiger partial charge in [-0.2, -0.15) is 9.97 Å². The van der Waals surface area contributed by atoms with E-state index >= 15 is 0 Å². The van der Waals surface area contributed by atoms with Crippen LogP contribution < -0.4 is 0 Å². The monoisotopic (exact) mass is 729 g/mol. The number of rotatable bonds is 4. The Morgan fingerprint density at radius 2 is 1.05 bits per heavy atom. The third-order valence-electron chi connectivity index (χ3n) is 12.4. The first-order valence-electron chi connectivity index (χ1n) is 19.9. The molecule has 1 aliphatic carbocycles. The molecule has 0 saturated heterocycles. The van der Waals surface area contributed by atoms with E-state index in [-0.39, 0.29) is 16.2 Å². The van der Waals surface area contributed by atoms with Crippen molar-refractivity contribution in [1.29, 1.82) is 0 Å². The SMILES string of the molecule is CC(C)(C)c1cccc(-c2nc(-c3ccccc3)nc(-n3c4ccccc4c4ccc5c6ccccc6n(-c6cccc7c6C(C)(C)CCC7(C)C)c5c43)n2)c1. The molecule has 0 unspecified atom stereocenters. The van der Waals surface area contributed by atoms with Gasteiger partial charge in [-0.15, -0.1) is 0 Å². The van der Waals surface area contributed by atoms with E-state index < -0.39 is 0 Å². The highest BCUT2D eigenvalue weighted by atomic mass is 15.2. The molecule has 10 rings (SSSR count). The molecular weight excluding hydrogens is 683 g/mol. The molecule has 0 atom stereocenters. The van der Waals surface area contributed by atoms with Gasteiger partial charge in [0.05, 0.1) is 27.8 Å². The van der Waals surface area contributed by atoms with Crippen molar-refractivity contribution in [3.8, 4) is 34.4 Å². The Kier molecular flexibility index (Phi) is 7.51. The molecule has 3 heterocycles. The molecular formula is C51H47N5. The summed E-state index contributed by atoms with van der Waals surface area (Å²) >= 11 is 0. The summed E-state index contributed by atoms with van der Waals surface area (Å²) in [7, 11) is 0. The Labute approximate surface area is 328 Å². The van der Waals surface area contributed by atoms with Gasteiger partial charge in [0.25, 0.3) is 0 Å². The van der Waals surface area contributed by atoms with Gasteiger partial charge < -0.3 is 4.57 Å². The molecule has 0 spiro atoms. The van der Waals surface area contributed by atoms with Gasteiger partial charge in [-0.3, -0.25) is 4.57 Å². The first-order valence-corrected chi connectivity index (χ1v) is 19.9. The van der Waals surface area contributed by atoms with E-state index in [1.54, 1.807) is 0 Å². The predicted molar refractivity (Wildman–Crippen MR) is 233 cm³/mol. The summed E-state index contributed by atoms with van der Waals surface area (Å²) in [5, 5.41) is 4.76. The van der Waals surface area contributed by atoms with Crippen molar-refractivity contribution >= 4 is 43.6 Å². The van der Waals surface area contributed by atoms with Crippen molar-refractivity contribution in [2.45, 2.75) is 77.6 Å². The van der Waals surface area contributed by atoms with Crippen LogP contribution in [-0.4, -0.2) is 24.1 Å². The molecule has 0 amide bonds. The smallest absolute Gasteiger partial charge is 0.238 e. The maximum absolute atomic E-state index is 5.40. The summed E-state index contributed by atoms with van der Waals surface area (Å²) in [6.07, 6.45) is 2.29. The fraction of sp³-hybridized carbons (Fsp3) is 0.235. The predicted octanol–water partition coefficient (Wildman–Crippen LogP) is 13.0. The molecule has 0 N–H and O–H groups in total. The topological polar surface area (TPSA) is 48.5 Å². The number of fused-ring (bicyclic) bond motifs is 8. The second-order valence-corrected chi connectivity index (χ2v) is 18.0. The summed E-state index contributed by atoms with van der Waals surface area (Å²) in [4.78, 5) is 15.9. The van der Waals surface area contributed by atoms with Crippen molar-refractivity contribution in [1.82, 2.24) is 24.1 Å².